The molecule has 1 amide bonds. The molecule has 9 atom stereocenters. The Kier molecular flexibility index (Phi) is 16.9. The number of phenols is 1. The number of aliphatic hydroxyl groups is 3. The summed E-state index contributed by atoms with van der Waals surface area (Å²) in [6.45, 7) is 19.8. The fourth-order valence-corrected chi connectivity index (χ4v) is 9.96. The minimum Gasteiger partial charge on any atom is -0.507 e. The molecule has 76 heavy (non-hydrogen) atoms. The van der Waals surface area contributed by atoms with E-state index >= 15 is 0 Å². The molecule has 3 aromatic carbocycles. The number of carbonyl (C=O) groups excluding carboxylic acids is 5. The van der Waals surface area contributed by atoms with Crippen molar-refractivity contribution in [2.24, 2.45) is 35.5 Å². The molecule has 4 heterocycles. The van der Waals surface area contributed by atoms with Crippen molar-refractivity contribution in [3.05, 3.63) is 91.8 Å². The maximum atomic E-state index is 15.0. The number of esters is 1. The highest BCUT2D eigenvalue weighted by molar-refractivity contribution is 6.17. The smallest absolute Gasteiger partial charge is 0.307 e. The second-order valence-electron chi connectivity index (χ2n) is 20.4. The van der Waals surface area contributed by atoms with E-state index in [0.717, 1.165) is 0 Å². The number of aliphatic hydroxyl groups excluding tert-OH is 3. The SMILES string of the molecule is C=C(CCC(=O)CC(C=O)C=O)ON1CCN(c2cc(=O)c3nc4c(oc3c2)c2c(=O)c3c(O)c(C)c5c(c34)=C(O)[C@@](C)(O/C=C/[C@H](C)[C@@H](C)[C@@H](OC(C)=O)[C@H](C)[C@H](O)[C@H](C)[C@@H](O)[C@@H](C)/C=C/C=C(/C)C(=O)N2)O5)CC1. The number of hydrogen-bond donors (Lipinski definition) is 5. The molecule has 1 aromatic heterocycles. The van der Waals surface area contributed by atoms with E-state index in [0.29, 0.717) is 50.2 Å². The number of aldehydes is 2. The Morgan fingerprint density at radius 2 is 1.61 bits per heavy atom. The molecule has 5 N–H and O–H groups in total. The lowest BCUT2D eigenvalue weighted by Gasteiger charge is -2.37. The Labute approximate surface area is 437 Å². The maximum Gasteiger partial charge on any atom is 0.307 e. The molecule has 0 saturated carbocycles. The summed E-state index contributed by atoms with van der Waals surface area (Å²) in [5.74, 6) is -8.13. The summed E-state index contributed by atoms with van der Waals surface area (Å²) in [6, 6.07) is 2.94. The summed E-state index contributed by atoms with van der Waals surface area (Å²) in [6.07, 6.45) is 5.50. The van der Waals surface area contributed by atoms with Gasteiger partial charge in [0.25, 0.3) is 5.91 Å². The second kappa shape index (κ2) is 22.8. The number of aromatic hydroxyl groups is 1. The van der Waals surface area contributed by atoms with Crippen LogP contribution in [0, 0.1) is 42.4 Å². The lowest BCUT2D eigenvalue weighted by Crippen LogP contribution is -2.46. The molecular formula is C56H66N4O16. The van der Waals surface area contributed by atoms with Crippen LogP contribution >= 0.6 is 0 Å². The van der Waals surface area contributed by atoms with E-state index in [2.05, 4.69) is 11.9 Å². The molecule has 4 aromatic rings. The lowest BCUT2D eigenvalue weighted by atomic mass is 9.77. The standard InChI is InChI=1S/C56H66N4O16/c1-27-16-21-72-56(10)54(70)43-41-42(49(68)34(8)52(43)75-56)50(69)46(58-55(71)29(3)13-11-12-28(2)47(66)32(6)48(67)33(7)51(31(27)5)73-35(9)63)53-45(41)57-44-39(65)23-37(24-40(44)74-53)59-17-19-60(20-18-59)76-30(4)14-15-38(64)22-36(25-61)26-62/h11-13,16,21,23-28,31-33,36,47-48,51,66-68,70H,4,14-15,17-20,22H2,1-3,5-10H3,(H,58,71)/b12-11+,21-16+,29-13-/t27-,28-,31+,32+,33+,47-,48+,51+,56-/m0/s1. The van der Waals surface area contributed by atoms with Crippen molar-refractivity contribution in [2.45, 2.75) is 106 Å². The highest BCUT2D eigenvalue weighted by Gasteiger charge is 2.44. The summed E-state index contributed by atoms with van der Waals surface area (Å²) >= 11 is 0. The number of carbonyl (C=O) groups is 5. The normalized spacial score (nSPS) is 27.4. The zero-order valence-electron chi connectivity index (χ0n) is 44.1. The van der Waals surface area contributed by atoms with Crippen LogP contribution in [0.1, 0.15) is 80.2 Å². The van der Waals surface area contributed by atoms with Crippen LogP contribution in [-0.4, -0.2) is 111 Å². The van der Waals surface area contributed by atoms with Gasteiger partial charge in [-0.05, 0) is 31.8 Å². The minimum absolute atomic E-state index is 0.0340. The Hall–Kier alpha value is -7.42. The number of piperazine rings is 1. The van der Waals surface area contributed by atoms with Crippen molar-refractivity contribution in [3.8, 4) is 11.5 Å². The third-order valence-electron chi connectivity index (χ3n) is 14.9. The Bertz CT molecular complexity index is 3260. The topological polar surface area (TPSA) is 282 Å². The number of Topliss-reactive ketones (excluding diaryl/α,β-unsaturated/α-hetero) is 1. The number of benzene rings is 3. The first-order valence-corrected chi connectivity index (χ1v) is 25.3. The van der Waals surface area contributed by atoms with Crippen LogP contribution in [0.3, 0.4) is 0 Å². The highest BCUT2D eigenvalue weighted by atomic mass is 16.7. The molecule has 20 nitrogen and oxygen atoms in total. The number of nitrogens with one attached hydrogen (secondary N) is 1. The van der Waals surface area contributed by atoms with Crippen molar-refractivity contribution >= 4 is 80.3 Å². The van der Waals surface area contributed by atoms with Gasteiger partial charge < -0.3 is 63.7 Å². The van der Waals surface area contributed by atoms with Crippen LogP contribution in [0.15, 0.2) is 74.6 Å². The number of amides is 1. The molecule has 3 aliphatic rings. The summed E-state index contributed by atoms with van der Waals surface area (Å²) in [7, 11) is 0. The number of anilines is 2. The Balaban J connectivity index is 1.33. The van der Waals surface area contributed by atoms with Gasteiger partial charge in [0.15, 0.2) is 22.4 Å². The van der Waals surface area contributed by atoms with Crippen LogP contribution in [0.2, 0.25) is 0 Å². The molecule has 406 valence electrons. The minimum atomic E-state index is -1.98. The third-order valence-corrected chi connectivity index (χ3v) is 14.9. The van der Waals surface area contributed by atoms with E-state index < -0.39 is 93.6 Å². The van der Waals surface area contributed by atoms with Crippen molar-refractivity contribution in [1.29, 1.82) is 0 Å². The molecule has 0 unspecified atom stereocenters. The first-order valence-electron chi connectivity index (χ1n) is 25.3. The Morgan fingerprint density at radius 3 is 2.26 bits per heavy atom. The molecule has 1 saturated heterocycles. The zero-order chi connectivity index (χ0) is 55.7. The zero-order valence-corrected chi connectivity index (χ0v) is 44.1. The number of nitrogens with zero attached hydrogens (tertiary/aromatic N) is 3. The van der Waals surface area contributed by atoms with Crippen LogP contribution in [0.4, 0.5) is 11.4 Å². The van der Waals surface area contributed by atoms with E-state index in [1.165, 1.54) is 46.1 Å². The number of ketones is 1. The number of fused-ring (bicyclic) bond motifs is 5. The van der Waals surface area contributed by atoms with Crippen LogP contribution in [-0.2, 0) is 38.3 Å². The van der Waals surface area contributed by atoms with Crippen LogP contribution in [0.25, 0.3) is 38.7 Å². The van der Waals surface area contributed by atoms with E-state index in [1.54, 1.807) is 50.1 Å². The molecule has 5 bridgehead atoms. The summed E-state index contributed by atoms with van der Waals surface area (Å²) in [5, 5.41) is 50.9. The first-order chi connectivity index (χ1) is 35.9. The number of hydrogen-bond acceptors (Lipinski definition) is 19. The summed E-state index contributed by atoms with van der Waals surface area (Å²) in [5.41, 5.74) is -2.09. The quantitative estimate of drug-likeness (QED) is 0.0309. The van der Waals surface area contributed by atoms with Gasteiger partial charge in [0.1, 0.15) is 52.9 Å². The summed E-state index contributed by atoms with van der Waals surface area (Å²) < 4.78 is 24.7. The van der Waals surface area contributed by atoms with Crippen molar-refractivity contribution < 1.29 is 67.9 Å². The highest BCUT2D eigenvalue weighted by Crippen LogP contribution is 2.42. The Morgan fingerprint density at radius 1 is 0.921 bits per heavy atom. The number of aromatic nitrogens is 1. The predicted molar refractivity (Wildman–Crippen MR) is 282 cm³/mol. The first kappa shape index (κ1) is 56.3. The van der Waals surface area contributed by atoms with Crippen molar-refractivity contribution in [1.82, 2.24) is 10.0 Å². The van der Waals surface area contributed by atoms with E-state index in [1.807, 2.05) is 18.7 Å². The van der Waals surface area contributed by atoms with E-state index in [4.69, 9.17) is 28.4 Å². The molecule has 20 heteroatoms. The van der Waals surface area contributed by atoms with Crippen LogP contribution < -0.4 is 31.0 Å². The number of hydroxylamine groups is 2. The van der Waals surface area contributed by atoms with Gasteiger partial charge in [-0.2, -0.15) is 0 Å². The van der Waals surface area contributed by atoms with Crippen molar-refractivity contribution in [3.63, 3.8) is 0 Å². The second-order valence-corrected chi connectivity index (χ2v) is 20.4. The summed E-state index contributed by atoms with van der Waals surface area (Å²) in [4.78, 5) is 102. The van der Waals surface area contributed by atoms with Gasteiger partial charge in [0, 0.05) is 98.3 Å². The van der Waals surface area contributed by atoms with Crippen LogP contribution in [0.5, 0.6) is 11.5 Å². The average molecular weight is 1050 g/mol. The van der Waals surface area contributed by atoms with Gasteiger partial charge in [-0.15, -0.1) is 5.06 Å². The molecule has 7 rings (SSSR count). The number of rotatable bonds is 11. The average Bonchev–Trinajstić information content (AvgIpc) is 3.66. The van der Waals surface area contributed by atoms with E-state index in [-0.39, 0.29) is 86.0 Å². The van der Waals surface area contributed by atoms with Gasteiger partial charge in [0.2, 0.25) is 10.9 Å². The van der Waals surface area contributed by atoms with Gasteiger partial charge in [-0.1, -0.05) is 59.4 Å². The van der Waals surface area contributed by atoms with Gasteiger partial charge >= 0.3 is 11.8 Å². The van der Waals surface area contributed by atoms with E-state index in [9.17, 15) is 54.0 Å². The maximum absolute atomic E-state index is 15.0. The molecule has 0 radical (unpaired) electrons. The molecular weight excluding hydrogens is 985 g/mol. The fraction of sp³-hybridized carbons (Fsp3) is 0.464. The number of allylic oxidation sites excluding steroid dienone is 4. The largest absolute Gasteiger partial charge is 0.507 e. The van der Waals surface area contributed by atoms with Gasteiger partial charge in [-0.3, -0.25) is 24.0 Å². The van der Waals surface area contributed by atoms with Gasteiger partial charge in [-0.25, -0.2) is 4.98 Å². The monoisotopic (exact) mass is 1050 g/mol. The third kappa shape index (κ3) is 11.2. The predicted octanol–water partition coefficient (Wildman–Crippen LogP) is 5.50. The number of phenolic OH excluding ortho intramolecular Hbond substituents is 1. The fourth-order valence-electron chi connectivity index (χ4n) is 9.96. The lowest BCUT2D eigenvalue weighted by molar-refractivity contribution is -0.158. The number of ether oxygens (including phenoxy) is 3. The molecule has 0 aliphatic carbocycles. The molecule has 0 spiro atoms. The van der Waals surface area contributed by atoms with Gasteiger partial charge in [0.05, 0.1) is 48.1 Å². The van der Waals surface area contributed by atoms with Crippen molar-refractivity contribution in [2.75, 3.05) is 36.4 Å². The molecule has 3 aliphatic heterocycles. The molecule has 1 fully saturated rings.